The molecule has 1 aliphatic rings. The van der Waals surface area contributed by atoms with Gasteiger partial charge in [0.2, 0.25) is 5.91 Å². The molecule has 0 spiro atoms. The summed E-state index contributed by atoms with van der Waals surface area (Å²) in [5, 5.41) is 3.96. The molecule has 0 saturated carbocycles. The lowest BCUT2D eigenvalue weighted by Gasteiger charge is -2.33. The lowest BCUT2D eigenvalue weighted by molar-refractivity contribution is -0.132. The summed E-state index contributed by atoms with van der Waals surface area (Å²) in [5.41, 5.74) is 0. The van der Waals surface area contributed by atoms with Gasteiger partial charge in [-0.15, -0.1) is 11.3 Å². The van der Waals surface area contributed by atoms with Gasteiger partial charge in [-0.2, -0.15) is 9.40 Å². The number of hydrogen-bond donors (Lipinski definition) is 0. The standard InChI is InChI=1S/C13H16BrN5O3S2/c14-11-1-2-13(23-11)24(21,22)19-7-5-17(6-8-19)12(20)3-4-18-10-15-9-16-18/h1-2,9-10H,3-8H2. The summed E-state index contributed by atoms with van der Waals surface area (Å²) >= 11 is 4.47. The number of aryl methyl sites for hydroxylation is 1. The number of piperazine rings is 1. The molecule has 0 aromatic carbocycles. The molecule has 8 nitrogen and oxygen atoms in total. The first kappa shape index (κ1) is 17.5. The lowest BCUT2D eigenvalue weighted by Crippen LogP contribution is -2.50. The van der Waals surface area contributed by atoms with Gasteiger partial charge in [-0.05, 0) is 28.1 Å². The summed E-state index contributed by atoms with van der Waals surface area (Å²) in [4.78, 5) is 17.7. The molecule has 2 aromatic rings. The van der Waals surface area contributed by atoms with Crippen molar-refractivity contribution in [3.05, 3.63) is 28.6 Å². The minimum Gasteiger partial charge on any atom is -0.340 e. The fourth-order valence-corrected chi connectivity index (χ4v) is 6.04. The number of amides is 1. The molecule has 2 aromatic heterocycles. The molecule has 130 valence electrons. The molecular formula is C13H16BrN5O3S2. The monoisotopic (exact) mass is 433 g/mol. The number of carbonyl (C=O) groups excluding carboxylic acids is 1. The third-order valence-electron chi connectivity index (χ3n) is 3.76. The zero-order chi connectivity index (χ0) is 17.2. The summed E-state index contributed by atoms with van der Waals surface area (Å²) < 4.78 is 29.2. The highest BCUT2D eigenvalue weighted by atomic mass is 79.9. The molecule has 0 radical (unpaired) electrons. The van der Waals surface area contributed by atoms with Crippen molar-refractivity contribution in [3.8, 4) is 0 Å². The van der Waals surface area contributed by atoms with E-state index in [1.54, 1.807) is 28.0 Å². The van der Waals surface area contributed by atoms with Gasteiger partial charge in [-0.1, -0.05) is 0 Å². The molecule has 1 amide bonds. The quantitative estimate of drug-likeness (QED) is 0.702. The Labute approximate surface area is 152 Å². The van der Waals surface area contributed by atoms with Gasteiger partial charge < -0.3 is 4.90 Å². The minimum atomic E-state index is -3.48. The Balaban J connectivity index is 1.54. The molecule has 0 bridgehead atoms. The summed E-state index contributed by atoms with van der Waals surface area (Å²) in [7, 11) is -3.48. The Morgan fingerprint density at radius 3 is 2.58 bits per heavy atom. The maximum Gasteiger partial charge on any atom is 0.252 e. The van der Waals surface area contributed by atoms with Crippen molar-refractivity contribution >= 4 is 43.2 Å². The number of hydrogen-bond acceptors (Lipinski definition) is 6. The smallest absolute Gasteiger partial charge is 0.252 e. The van der Waals surface area contributed by atoms with E-state index in [0.29, 0.717) is 43.4 Å². The van der Waals surface area contributed by atoms with Crippen molar-refractivity contribution in [2.45, 2.75) is 17.2 Å². The van der Waals surface area contributed by atoms with Gasteiger partial charge in [0, 0.05) is 32.6 Å². The largest absolute Gasteiger partial charge is 0.340 e. The molecule has 24 heavy (non-hydrogen) atoms. The van der Waals surface area contributed by atoms with Crippen molar-refractivity contribution in [1.29, 1.82) is 0 Å². The van der Waals surface area contributed by atoms with Gasteiger partial charge in [0.25, 0.3) is 10.0 Å². The maximum absolute atomic E-state index is 12.6. The molecule has 0 atom stereocenters. The number of nitrogens with zero attached hydrogens (tertiary/aromatic N) is 5. The van der Waals surface area contributed by atoms with Crippen molar-refractivity contribution in [2.24, 2.45) is 0 Å². The van der Waals surface area contributed by atoms with Crippen LogP contribution in [0.4, 0.5) is 0 Å². The highest BCUT2D eigenvalue weighted by Crippen LogP contribution is 2.28. The van der Waals surface area contributed by atoms with Gasteiger partial charge in [0.1, 0.15) is 16.9 Å². The molecule has 1 saturated heterocycles. The van der Waals surface area contributed by atoms with E-state index in [9.17, 15) is 13.2 Å². The van der Waals surface area contributed by atoms with Crippen molar-refractivity contribution in [3.63, 3.8) is 0 Å². The van der Waals surface area contributed by atoms with Gasteiger partial charge in [-0.3, -0.25) is 9.48 Å². The predicted molar refractivity (Wildman–Crippen MR) is 92.0 cm³/mol. The first-order valence-electron chi connectivity index (χ1n) is 7.32. The van der Waals surface area contributed by atoms with E-state index < -0.39 is 10.0 Å². The summed E-state index contributed by atoms with van der Waals surface area (Å²) in [5.74, 6) is 0.00131. The Hall–Kier alpha value is -1.30. The van der Waals surface area contributed by atoms with Crippen LogP contribution in [0.25, 0.3) is 0 Å². The second-order valence-electron chi connectivity index (χ2n) is 5.25. The van der Waals surface area contributed by atoms with Crippen LogP contribution in [0, 0.1) is 0 Å². The zero-order valence-electron chi connectivity index (χ0n) is 12.7. The van der Waals surface area contributed by atoms with Crippen LogP contribution in [0.2, 0.25) is 0 Å². The molecule has 3 rings (SSSR count). The van der Waals surface area contributed by atoms with Crippen LogP contribution >= 0.6 is 27.3 Å². The average molecular weight is 434 g/mol. The highest BCUT2D eigenvalue weighted by molar-refractivity contribution is 9.11. The van der Waals surface area contributed by atoms with Gasteiger partial charge in [0.05, 0.1) is 10.3 Å². The van der Waals surface area contributed by atoms with E-state index in [-0.39, 0.29) is 5.91 Å². The van der Waals surface area contributed by atoms with Gasteiger partial charge in [0.15, 0.2) is 0 Å². The zero-order valence-corrected chi connectivity index (χ0v) is 15.9. The van der Waals surface area contributed by atoms with Crippen LogP contribution in [0.5, 0.6) is 0 Å². The highest BCUT2D eigenvalue weighted by Gasteiger charge is 2.30. The average Bonchev–Trinajstić information content (AvgIpc) is 3.24. The molecule has 0 unspecified atom stereocenters. The Morgan fingerprint density at radius 1 is 1.25 bits per heavy atom. The molecule has 11 heteroatoms. The fraction of sp³-hybridized carbons (Fsp3) is 0.462. The van der Waals surface area contributed by atoms with E-state index in [1.807, 2.05) is 0 Å². The number of sulfonamides is 1. The van der Waals surface area contributed by atoms with E-state index in [0.717, 1.165) is 3.79 Å². The first-order chi connectivity index (χ1) is 11.5. The number of aromatic nitrogens is 3. The second-order valence-corrected chi connectivity index (χ2v) is 9.88. The predicted octanol–water partition coefficient (Wildman–Crippen LogP) is 1.03. The van der Waals surface area contributed by atoms with Crippen LogP contribution in [0.15, 0.2) is 32.8 Å². The topological polar surface area (TPSA) is 88.4 Å². The molecular weight excluding hydrogens is 418 g/mol. The van der Waals surface area contributed by atoms with Gasteiger partial charge in [-0.25, -0.2) is 13.4 Å². The normalized spacial score (nSPS) is 16.5. The third kappa shape index (κ3) is 3.85. The summed E-state index contributed by atoms with van der Waals surface area (Å²) in [6.07, 6.45) is 3.32. The van der Waals surface area contributed by atoms with E-state index in [4.69, 9.17) is 0 Å². The van der Waals surface area contributed by atoms with E-state index in [1.165, 1.54) is 22.0 Å². The van der Waals surface area contributed by atoms with E-state index in [2.05, 4.69) is 26.0 Å². The van der Waals surface area contributed by atoms with Gasteiger partial charge >= 0.3 is 0 Å². The molecule has 1 aliphatic heterocycles. The molecule has 3 heterocycles. The SMILES string of the molecule is O=C(CCn1cncn1)N1CCN(S(=O)(=O)c2ccc(Br)s2)CC1. The maximum atomic E-state index is 12.6. The molecule has 0 N–H and O–H groups in total. The Bertz CT molecular complexity index is 797. The van der Waals surface area contributed by atoms with Crippen LogP contribution in [0.3, 0.4) is 0 Å². The second kappa shape index (κ2) is 7.30. The minimum absolute atomic E-state index is 0.00131. The number of halogens is 1. The van der Waals surface area contributed by atoms with Crippen molar-refractivity contribution < 1.29 is 13.2 Å². The van der Waals surface area contributed by atoms with Crippen LogP contribution in [-0.2, 0) is 21.4 Å². The van der Waals surface area contributed by atoms with Crippen molar-refractivity contribution in [1.82, 2.24) is 24.0 Å². The first-order valence-corrected chi connectivity index (χ1v) is 10.4. The van der Waals surface area contributed by atoms with Crippen LogP contribution in [0.1, 0.15) is 6.42 Å². The van der Waals surface area contributed by atoms with E-state index >= 15 is 0 Å². The van der Waals surface area contributed by atoms with Crippen molar-refractivity contribution in [2.75, 3.05) is 26.2 Å². The summed E-state index contributed by atoms with van der Waals surface area (Å²) in [6.45, 7) is 1.91. The Kier molecular flexibility index (Phi) is 5.33. The molecule has 1 fully saturated rings. The number of carbonyl (C=O) groups is 1. The number of rotatable bonds is 5. The lowest BCUT2D eigenvalue weighted by atomic mass is 10.3. The fourth-order valence-electron chi connectivity index (χ4n) is 2.46. The molecule has 0 aliphatic carbocycles. The van der Waals surface area contributed by atoms with Crippen LogP contribution < -0.4 is 0 Å². The Morgan fingerprint density at radius 2 is 2.00 bits per heavy atom. The third-order valence-corrected chi connectivity index (χ3v) is 7.75. The summed E-state index contributed by atoms with van der Waals surface area (Å²) in [6, 6.07) is 3.32. The number of thiophene rings is 1. The van der Waals surface area contributed by atoms with Crippen LogP contribution in [-0.4, -0.2) is 64.5 Å².